The minimum absolute atomic E-state index is 0.00816. The average Bonchev–Trinajstić information content (AvgIpc) is 3.27. The lowest BCUT2D eigenvalue weighted by molar-refractivity contribution is -0.137. The first-order chi connectivity index (χ1) is 19.4. The van der Waals surface area contributed by atoms with Gasteiger partial charge in [-0.15, -0.1) is 0 Å². The molecule has 4 N–H and O–H groups in total. The molecule has 10 nitrogen and oxygen atoms in total. The zero-order valence-electron chi connectivity index (χ0n) is 22.1. The first-order valence-electron chi connectivity index (χ1n) is 13.3. The summed E-state index contributed by atoms with van der Waals surface area (Å²) < 4.78 is 41.7. The fourth-order valence-electron chi connectivity index (χ4n) is 5.54. The molecule has 220 valence electrons. The van der Waals surface area contributed by atoms with Crippen LogP contribution in [0.4, 0.5) is 30.8 Å². The molecule has 1 saturated heterocycles. The van der Waals surface area contributed by atoms with Gasteiger partial charge in [-0.2, -0.15) is 18.2 Å². The van der Waals surface area contributed by atoms with Gasteiger partial charge in [0.05, 0.1) is 27.5 Å². The molecule has 5 rings (SSSR count). The number of anilines is 3. The van der Waals surface area contributed by atoms with E-state index in [4.69, 9.17) is 33.9 Å². The van der Waals surface area contributed by atoms with Gasteiger partial charge in [0.25, 0.3) is 0 Å². The van der Waals surface area contributed by atoms with Gasteiger partial charge in [0.1, 0.15) is 5.52 Å². The molecule has 0 spiro atoms. The van der Waals surface area contributed by atoms with Crippen molar-refractivity contribution in [2.75, 3.05) is 23.7 Å². The van der Waals surface area contributed by atoms with Gasteiger partial charge in [-0.05, 0) is 50.7 Å². The maximum Gasteiger partial charge on any atom is 0.416 e. The highest BCUT2D eigenvalue weighted by molar-refractivity contribution is 6.39. The number of halogens is 5. The third-order valence-corrected chi connectivity index (χ3v) is 8.30. The van der Waals surface area contributed by atoms with Crippen molar-refractivity contribution >= 4 is 63.8 Å². The van der Waals surface area contributed by atoms with Gasteiger partial charge in [-0.3, -0.25) is 14.2 Å². The molecule has 2 aliphatic rings. The van der Waals surface area contributed by atoms with Gasteiger partial charge in [-0.1, -0.05) is 23.2 Å². The number of benzene rings is 1. The van der Waals surface area contributed by atoms with Gasteiger partial charge in [-0.25, -0.2) is 9.97 Å². The number of alkyl halides is 3. The standard InChI is InChI=1S/C26H29Cl2F3N8O2/c1-13(40)38-8-2-3-16(12-38)34-24-33-11-20-23(37-24)39(17-6-4-14(5-7-17)22(32)41)25(35-20)36-21-18(27)9-15(10-19(21)28)26(29,30)31/h9-11,14,16-17H,2-8,12H2,1H3,(H2,32,41)(H,35,36)(H,33,34,37)/t14-,16-,17-/m1/s1. The predicted molar refractivity (Wildman–Crippen MR) is 149 cm³/mol. The number of nitrogens with two attached hydrogens (primary N) is 1. The normalized spacial score (nSPS) is 21.6. The molecule has 1 saturated carbocycles. The second-order valence-electron chi connectivity index (χ2n) is 10.5. The minimum atomic E-state index is -4.61. The van der Waals surface area contributed by atoms with Crippen LogP contribution >= 0.6 is 23.2 Å². The molecule has 41 heavy (non-hydrogen) atoms. The van der Waals surface area contributed by atoms with Crippen LogP contribution in [0.2, 0.25) is 10.0 Å². The van der Waals surface area contributed by atoms with Gasteiger partial charge < -0.3 is 21.3 Å². The molecule has 1 aromatic carbocycles. The topological polar surface area (TPSA) is 131 Å². The van der Waals surface area contributed by atoms with Crippen LogP contribution in [0.3, 0.4) is 0 Å². The third-order valence-electron chi connectivity index (χ3n) is 7.70. The number of aromatic nitrogens is 4. The Morgan fingerprint density at radius 3 is 2.37 bits per heavy atom. The maximum absolute atomic E-state index is 13.3. The molecule has 3 aromatic rings. The third kappa shape index (κ3) is 6.30. The van der Waals surface area contributed by atoms with Crippen LogP contribution in [0, 0.1) is 5.92 Å². The van der Waals surface area contributed by atoms with Crippen LogP contribution < -0.4 is 16.4 Å². The molecule has 0 radical (unpaired) electrons. The highest BCUT2D eigenvalue weighted by Crippen LogP contribution is 2.42. The Hall–Kier alpha value is -3.32. The number of nitrogens with one attached hydrogen (secondary N) is 2. The van der Waals surface area contributed by atoms with E-state index in [-0.39, 0.29) is 51.5 Å². The van der Waals surface area contributed by atoms with Crippen LogP contribution in [0.25, 0.3) is 11.2 Å². The quantitative estimate of drug-likeness (QED) is 0.333. The Kier molecular flexibility index (Phi) is 8.20. The van der Waals surface area contributed by atoms with E-state index >= 15 is 0 Å². The number of carbonyl (C=O) groups is 2. The molecule has 2 amide bonds. The summed E-state index contributed by atoms with van der Waals surface area (Å²) in [5.74, 6) is 0.0592. The molecular weight excluding hydrogens is 584 g/mol. The number of hydrogen-bond donors (Lipinski definition) is 3. The number of hydrogen-bond acceptors (Lipinski definition) is 7. The number of primary amides is 1. The van der Waals surface area contributed by atoms with E-state index in [9.17, 15) is 22.8 Å². The van der Waals surface area contributed by atoms with Gasteiger partial charge in [0, 0.05) is 38.0 Å². The second-order valence-corrected chi connectivity index (χ2v) is 11.3. The predicted octanol–water partition coefficient (Wildman–Crippen LogP) is 5.53. The summed E-state index contributed by atoms with van der Waals surface area (Å²) in [7, 11) is 0. The van der Waals surface area contributed by atoms with Crippen molar-refractivity contribution in [3.05, 3.63) is 33.9 Å². The van der Waals surface area contributed by atoms with Gasteiger partial charge in [0.2, 0.25) is 23.7 Å². The number of amides is 2. The first-order valence-corrected chi connectivity index (χ1v) is 14.1. The summed E-state index contributed by atoms with van der Waals surface area (Å²) in [4.78, 5) is 39.2. The average molecular weight is 613 g/mol. The van der Waals surface area contributed by atoms with Crippen molar-refractivity contribution < 1.29 is 22.8 Å². The first kappa shape index (κ1) is 29.2. The summed E-state index contributed by atoms with van der Waals surface area (Å²) in [5, 5.41) is 5.90. The van der Waals surface area contributed by atoms with Crippen LogP contribution in [0.15, 0.2) is 18.3 Å². The fourth-order valence-corrected chi connectivity index (χ4v) is 6.13. The van der Waals surface area contributed by atoms with E-state index in [1.165, 1.54) is 0 Å². The van der Waals surface area contributed by atoms with E-state index in [1.807, 2.05) is 4.57 Å². The lowest BCUT2D eigenvalue weighted by Crippen LogP contribution is -2.44. The van der Waals surface area contributed by atoms with Crippen molar-refractivity contribution in [1.29, 1.82) is 0 Å². The van der Waals surface area contributed by atoms with Crippen LogP contribution in [-0.4, -0.2) is 55.4 Å². The molecule has 1 aliphatic carbocycles. The lowest BCUT2D eigenvalue weighted by Gasteiger charge is -2.32. The fraction of sp³-hybridized carbons (Fsp3) is 0.500. The minimum Gasteiger partial charge on any atom is -0.369 e. The summed E-state index contributed by atoms with van der Waals surface area (Å²) in [6.07, 6.45) is 0.985. The number of likely N-dealkylation sites (tertiary alicyclic amines) is 1. The molecule has 3 heterocycles. The monoisotopic (exact) mass is 612 g/mol. The number of imidazole rings is 1. The summed E-state index contributed by atoms with van der Waals surface area (Å²) >= 11 is 12.5. The number of nitrogens with zero attached hydrogens (tertiary/aromatic N) is 5. The Morgan fingerprint density at radius 1 is 1.07 bits per heavy atom. The molecule has 1 aliphatic heterocycles. The Labute approximate surface area is 243 Å². The highest BCUT2D eigenvalue weighted by Gasteiger charge is 2.33. The molecule has 2 aromatic heterocycles. The van der Waals surface area contributed by atoms with Crippen LogP contribution in [-0.2, 0) is 15.8 Å². The molecule has 0 bridgehead atoms. The van der Waals surface area contributed by atoms with Crippen LogP contribution in [0.5, 0.6) is 0 Å². The summed E-state index contributed by atoms with van der Waals surface area (Å²) in [5.41, 5.74) is 5.58. The van der Waals surface area contributed by atoms with E-state index in [1.54, 1.807) is 18.0 Å². The Morgan fingerprint density at radius 2 is 1.76 bits per heavy atom. The van der Waals surface area contributed by atoms with Crippen molar-refractivity contribution in [3.8, 4) is 0 Å². The van der Waals surface area contributed by atoms with Crippen molar-refractivity contribution in [3.63, 3.8) is 0 Å². The molecule has 15 heteroatoms. The van der Waals surface area contributed by atoms with Gasteiger partial charge >= 0.3 is 6.18 Å². The zero-order valence-corrected chi connectivity index (χ0v) is 23.7. The molecular formula is C26H29Cl2F3N8O2. The largest absolute Gasteiger partial charge is 0.416 e. The maximum atomic E-state index is 13.3. The SMILES string of the molecule is CC(=O)N1CCC[C@@H](Nc2ncc3nc(Nc4c(Cl)cc(C(F)(F)F)cc4Cl)n([C@H]4CC[C@H](C(N)=O)CC4)c3n2)C1. The van der Waals surface area contributed by atoms with Crippen molar-refractivity contribution in [2.24, 2.45) is 11.7 Å². The van der Waals surface area contributed by atoms with E-state index in [2.05, 4.69) is 20.6 Å². The van der Waals surface area contributed by atoms with Crippen LogP contribution in [0.1, 0.15) is 57.1 Å². The van der Waals surface area contributed by atoms with E-state index in [0.29, 0.717) is 55.9 Å². The van der Waals surface area contributed by atoms with E-state index in [0.717, 1.165) is 25.0 Å². The number of piperidine rings is 1. The van der Waals surface area contributed by atoms with E-state index < -0.39 is 11.7 Å². The smallest absolute Gasteiger partial charge is 0.369 e. The molecule has 1 atom stereocenters. The second kappa shape index (κ2) is 11.5. The summed E-state index contributed by atoms with van der Waals surface area (Å²) in [6.45, 7) is 2.78. The van der Waals surface area contributed by atoms with Crippen molar-refractivity contribution in [1.82, 2.24) is 24.4 Å². The Balaban J connectivity index is 1.51. The molecule has 2 fully saturated rings. The number of rotatable bonds is 6. The lowest BCUT2D eigenvalue weighted by atomic mass is 9.85. The van der Waals surface area contributed by atoms with Crippen molar-refractivity contribution in [2.45, 2.75) is 63.7 Å². The summed E-state index contributed by atoms with van der Waals surface area (Å²) in [6, 6.07) is 1.43. The number of fused-ring (bicyclic) bond motifs is 1. The number of carbonyl (C=O) groups excluding carboxylic acids is 2. The highest BCUT2D eigenvalue weighted by atomic mass is 35.5. The van der Waals surface area contributed by atoms with Gasteiger partial charge in [0.15, 0.2) is 5.65 Å². The Bertz CT molecular complexity index is 1450. The zero-order chi connectivity index (χ0) is 29.5. The molecule has 0 unspecified atom stereocenters.